The van der Waals surface area contributed by atoms with Gasteiger partial charge in [0.05, 0.1) is 6.61 Å². The Balaban J connectivity index is 0. The first-order chi connectivity index (χ1) is 13.7. The molecule has 170 valence electrons. The zero-order valence-electron chi connectivity index (χ0n) is 18.9. The number of esters is 1. The van der Waals surface area contributed by atoms with Crippen molar-refractivity contribution in [3.8, 4) is 0 Å². The van der Waals surface area contributed by atoms with E-state index in [2.05, 4.69) is 6.92 Å². The van der Waals surface area contributed by atoms with Gasteiger partial charge < -0.3 is 16.2 Å². The summed E-state index contributed by atoms with van der Waals surface area (Å²) >= 11 is 0. The van der Waals surface area contributed by atoms with Gasteiger partial charge in [0.2, 0.25) is 0 Å². The Labute approximate surface area is 204 Å². The van der Waals surface area contributed by atoms with Gasteiger partial charge in [-0.1, -0.05) is 110 Å². The molecule has 0 aromatic carbocycles. The Kier molecular flexibility index (Phi) is 28.8. The van der Waals surface area contributed by atoms with E-state index in [9.17, 15) is 4.79 Å². The first-order valence-corrected chi connectivity index (χ1v) is 12.3. The Morgan fingerprint density at radius 3 is 1.52 bits per heavy atom. The van der Waals surface area contributed by atoms with Gasteiger partial charge in [0.25, 0.3) is 0 Å². The fourth-order valence-corrected chi connectivity index (χ4v) is 3.56. The molecule has 4 nitrogen and oxygen atoms in total. The molecule has 1 atom stereocenters. The molecule has 0 rings (SSSR count). The number of rotatable bonds is 22. The van der Waals surface area contributed by atoms with Crippen LogP contribution in [0.5, 0.6) is 0 Å². The zero-order valence-corrected chi connectivity index (χ0v) is 18.9. The number of nitrogens with two attached hydrogens (primary N) is 2. The fourth-order valence-electron chi connectivity index (χ4n) is 3.56. The summed E-state index contributed by atoms with van der Waals surface area (Å²) < 4.78 is 5.26. The van der Waals surface area contributed by atoms with Crippen LogP contribution in [0, 0.1) is 0 Å². The molecule has 0 aliphatic heterocycles. The van der Waals surface area contributed by atoms with Gasteiger partial charge in [0.1, 0.15) is 6.04 Å². The normalized spacial score (nSPS) is 11.8. The van der Waals surface area contributed by atoms with Crippen molar-refractivity contribution < 1.29 is 9.53 Å². The maximum atomic E-state index is 11.7. The molecule has 0 unspecified atom stereocenters. The van der Waals surface area contributed by atoms with E-state index in [0.717, 1.165) is 25.7 Å². The van der Waals surface area contributed by atoms with Crippen LogP contribution in [0.1, 0.15) is 129 Å². The number of hydrogen-bond donors (Lipinski definition) is 2. The molecule has 0 bridgehead atoms. The van der Waals surface area contributed by atoms with E-state index in [0.29, 0.717) is 19.6 Å². The van der Waals surface area contributed by atoms with Crippen molar-refractivity contribution in [2.75, 3.05) is 13.2 Å². The van der Waals surface area contributed by atoms with Crippen LogP contribution in [0.25, 0.3) is 0 Å². The minimum atomic E-state index is -0.479. The van der Waals surface area contributed by atoms with Crippen LogP contribution < -0.4 is 11.5 Å². The van der Waals surface area contributed by atoms with Gasteiger partial charge in [-0.25, -0.2) is 0 Å². The average Bonchev–Trinajstić information content (AvgIpc) is 2.70. The number of hydrogen-bond acceptors (Lipinski definition) is 4. The number of unbranched alkanes of at least 4 members (excludes halogenated alkanes) is 16. The summed E-state index contributed by atoms with van der Waals surface area (Å²) in [6.45, 7) is 3.45. The molecule has 0 aromatic rings. The summed E-state index contributed by atoms with van der Waals surface area (Å²) in [4.78, 5) is 11.7. The summed E-state index contributed by atoms with van der Waals surface area (Å²) in [6.07, 6.45) is 24.1. The third kappa shape index (κ3) is 24.5. The van der Waals surface area contributed by atoms with Crippen molar-refractivity contribution in [2.45, 2.75) is 135 Å². The molecule has 29 heavy (non-hydrogen) atoms. The molecular weight excluding hydrogens is 371 g/mol. The van der Waals surface area contributed by atoms with Crippen molar-refractivity contribution in [2.24, 2.45) is 11.5 Å². The summed E-state index contributed by atoms with van der Waals surface area (Å²) in [5, 5.41) is 0. The van der Waals surface area contributed by atoms with Gasteiger partial charge in [0, 0.05) is 0 Å². The Hall–Kier alpha value is 0.390. The van der Waals surface area contributed by atoms with E-state index in [1.807, 2.05) is 0 Å². The molecule has 0 spiro atoms. The minimum absolute atomic E-state index is 0. The predicted octanol–water partition coefficient (Wildman–Crippen LogP) is 5.60. The number of carbonyl (C=O) groups is 1. The Morgan fingerprint density at radius 1 is 0.690 bits per heavy atom. The first kappa shape index (κ1) is 31.6. The van der Waals surface area contributed by atoms with Crippen LogP contribution in [0.4, 0.5) is 0 Å². The van der Waals surface area contributed by atoms with Crippen LogP contribution in [-0.2, 0) is 9.53 Å². The van der Waals surface area contributed by atoms with Gasteiger partial charge in [-0.2, -0.15) is 0 Å². The van der Waals surface area contributed by atoms with E-state index in [4.69, 9.17) is 16.2 Å². The van der Waals surface area contributed by atoms with Crippen molar-refractivity contribution in [3.05, 3.63) is 0 Å². The number of carbonyl (C=O) groups excluding carboxylic acids is 1. The SMILES string of the molecule is CCCCCCCCCCCCCCCCCCOC(=O)[C@@H](N)CCCCN.[NaH]. The second-order valence-electron chi connectivity index (χ2n) is 8.36. The molecular formula is C24H51N2NaO2. The fraction of sp³-hybridized carbons (Fsp3) is 0.958. The molecule has 0 amide bonds. The van der Waals surface area contributed by atoms with Gasteiger partial charge in [-0.3, -0.25) is 4.79 Å². The van der Waals surface area contributed by atoms with Crippen molar-refractivity contribution >= 4 is 35.5 Å². The molecule has 4 N–H and O–H groups in total. The van der Waals surface area contributed by atoms with Crippen LogP contribution >= 0.6 is 0 Å². The van der Waals surface area contributed by atoms with Crippen molar-refractivity contribution in [1.82, 2.24) is 0 Å². The Bertz CT molecular complexity index is 330. The van der Waals surface area contributed by atoms with E-state index < -0.39 is 6.04 Å². The predicted molar refractivity (Wildman–Crippen MR) is 129 cm³/mol. The Morgan fingerprint density at radius 2 is 1.10 bits per heavy atom. The van der Waals surface area contributed by atoms with E-state index >= 15 is 0 Å². The van der Waals surface area contributed by atoms with Crippen LogP contribution in [0.2, 0.25) is 0 Å². The van der Waals surface area contributed by atoms with E-state index in [1.165, 1.54) is 89.9 Å². The number of ether oxygens (including phenoxy) is 1. The summed E-state index contributed by atoms with van der Waals surface area (Å²) in [5.41, 5.74) is 11.3. The standard InChI is InChI=1S/C24H50N2O2.Na.H/c1-2-3-4-5-6-7-8-9-10-11-12-13-14-15-16-19-22-28-24(27)23(26)20-17-18-21-25;;/h23H,2-22,25-26H2,1H3;;/t23-;;/m0../s1. The molecule has 0 aromatic heterocycles. The van der Waals surface area contributed by atoms with Gasteiger partial charge in [-0.05, 0) is 25.8 Å². The zero-order chi connectivity index (χ0) is 20.7. The molecule has 0 aliphatic carbocycles. The molecule has 0 radical (unpaired) electrons. The summed E-state index contributed by atoms with van der Waals surface area (Å²) in [7, 11) is 0. The second-order valence-corrected chi connectivity index (χ2v) is 8.36. The third-order valence-electron chi connectivity index (χ3n) is 5.51. The van der Waals surface area contributed by atoms with Crippen LogP contribution in [0.15, 0.2) is 0 Å². The maximum absolute atomic E-state index is 11.7. The monoisotopic (exact) mass is 422 g/mol. The molecule has 0 saturated heterocycles. The van der Waals surface area contributed by atoms with Crippen LogP contribution in [0.3, 0.4) is 0 Å². The summed E-state index contributed by atoms with van der Waals surface area (Å²) in [5.74, 6) is -0.252. The van der Waals surface area contributed by atoms with Gasteiger partial charge in [0.15, 0.2) is 0 Å². The molecule has 0 heterocycles. The quantitative estimate of drug-likeness (QED) is 0.135. The van der Waals surface area contributed by atoms with Crippen molar-refractivity contribution in [3.63, 3.8) is 0 Å². The summed E-state index contributed by atoms with van der Waals surface area (Å²) in [6, 6.07) is -0.479. The molecule has 5 heteroatoms. The average molecular weight is 423 g/mol. The molecule has 0 fully saturated rings. The van der Waals surface area contributed by atoms with Gasteiger partial charge >= 0.3 is 35.5 Å². The van der Waals surface area contributed by atoms with E-state index in [1.54, 1.807) is 0 Å². The van der Waals surface area contributed by atoms with Gasteiger partial charge in [-0.15, -0.1) is 0 Å². The van der Waals surface area contributed by atoms with Crippen molar-refractivity contribution in [1.29, 1.82) is 0 Å². The second kappa shape index (κ2) is 26.4. The van der Waals surface area contributed by atoms with Crippen LogP contribution in [-0.4, -0.2) is 54.7 Å². The third-order valence-corrected chi connectivity index (χ3v) is 5.51. The molecule has 0 aliphatic rings. The first-order valence-electron chi connectivity index (χ1n) is 12.3. The van der Waals surface area contributed by atoms with E-state index in [-0.39, 0.29) is 35.5 Å². The topological polar surface area (TPSA) is 78.3 Å². The molecule has 0 saturated carbocycles.